The highest BCUT2D eigenvalue weighted by Crippen LogP contribution is 2.23. The van der Waals surface area contributed by atoms with Crippen molar-refractivity contribution in [1.29, 1.82) is 0 Å². The van der Waals surface area contributed by atoms with Gasteiger partial charge in [0.25, 0.3) is 5.91 Å². The number of amides is 1. The van der Waals surface area contributed by atoms with Crippen LogP contribution in [0.2, 0.25) is 0 Å². The Morgan fingerprint density at radius 2 is 2.11 bits per heavy atom. The van der Waals surface area contributed by atoms with Crippen LogP contribution in [-0.4, -0.2) is 61.0 Å². The average molecular weight is 372 g/mol. The highest BCUT2D eigenvalue weighted by atomic mass is 16.5. The summed E-state index contributed by atoms with van der Waals surface area (Å²) in [6.07, 6.45) is 4.63. The van der Waals surface area contributed by atoms with Crippen LogP contribution in [0, 0.1) is 0 Å². The van der Waals surface area contributed by atoms with E-state index in [1.54, 1.807) is 0 Å². The molecule has 1 N–H and O–H groups in total. The van der Waals surface area contributed by atoms with Gasteiger partial charge < -0.3 is 24.3 Å². The summed E-state index contributed by atoms with van der Waals surface area (Å²) in [5.41, 5.74) is 2.53. The van der Waals surface area contributed by atoms with Gasteiger partial charge in [0.15, 0.2) is 0 Å². The average Bonchev–Trinajstić information content (AvgIpc) is 3.05. The van der Waals surface area contributed by atoms with Crippen molar-refractivity contribution < 1.29 is 14.3 Å². The van der Waals surface area contributed by atoms with Gasteiger partial charge in [0, 0.05) is 38.9 Å². The predicted octanol–water partition coefficient (Wildman–Crippen LogP) is 2.10. The van der Waals surface area contributed by atoms with Gasteiger partial charge in [0.1, 0.15) is 0 Å². The van der Waals surface area contributed by atoms with Crippen molar-refractivity contribution >= 4 is 22.9 Å². The van der Waals surface area contributed by atoms with Crippen molar-refractivity contribution in [2.45, 2.75) is 31.8 Å². The molecule has 4 rings (SSSR count). The Balaban J connectivity index is 1.42. The highest BCUT2D eigenvalue weighted by molar-refractivity contribution is 5.97. The first kappa shape index (κ1) is 18.3. The van der Waals surface area contributed by atoms with Gasteiger partial charge in [-0.15, -0.1) is 0 Å². The minimum Gasteiger partial charge on any atom is -0.378 e. The molecular weight excluding hydrogens is 344 g/mol. The normalized spacial score (nSPS) is 20.8. The standard InChI is InChI=1S/C20H28N4O3/c1-23-18-6-5-15(19(25)21-8-7-16-4-2-3-11-27-16)14-17(18)22-20(23)24-9-12-26-13-10-24/h5-6,14,16H,2-4,7-13H2,1H3,(H,21,25)/t16-/m1/s1. The number of hydrogen-bond donors (Lipinski definition) is 1. The van der Waals surface area contributed by atoms with Crippen LogP contribution in [0.15, 0.2) is 18.2 Å². The molecule has 0 bridgehead atoms. The Bertz CT molecular complexity index is 792. The second-order valence-corrected chi connectivity index (χ2v) is 7.31. The highest BCUT2D eigenvalue weighted by Gasteiger charge is 2.19. The number of rotatable bonds is 5. The summed E-state index contributed by atoms with van der Waals surface area (Å²) in [4.78, 5) is 19.5. The second-order valence-electron chi connectivity index (χ2n) is 7.31. The lowest BCUT2D eigenvalue weighted by Crippen LogP contribution is -2.37. The molecule has 2 aliphatic rings. The molecule has 0 radical (unpaired) electrons. The lowest BCUT2D eigenvalue weighted by atomic mass is 10.1. The molecule has 3 heterocycles. The van der Waals surface area contributed by atoms with Gasteiger partial charge in [0.2, 0.25) is 5.95 Å². The van der Waals surface area contributed by atoms with Crippen molar-refractivity contribution in [2.24, 2.45) is 7.05 Å². The van der Waals surface area contributed by atoms with E-state index in [4.69, 9.17) is 14.5 Å². The Labute approximate surface area is 159 Å². The topological polar surface area (TPSA) is 68.6 Å². The molecule has 1 aromatic carbocycles. The van der Waals surface area contributed by atoms with E-state index in [1.807, 2.05) is 25.2 Å². The largest absolute Gasteiger partial charge is 0.378 e. The molecule has 7 nitrogen and oxygen atoms in total. The van der Waals surface area contributed by atoms with E-state index in [0.29, 0.717) is 12.1 Å². The van der Waals surface area contributed by atoms with E-state index in [0.717, 1.165) is 69.2 Å². The van der Waals surface area contributed by atoms with E-state index >= 15 is 0 Å². The monoisotopic (exact) mass is 372 g/mol. The number of nitrogens with zero attached hydrogens (tertiary/aromatic N) is 3. The minimum atomic E-state index is -0.0497. The Kier molecular flexibility index (Phi) is 5.59. The third kappa shape index (κ3) is 4.09. The number of aromatic nitrogens is 2. The number of aryl methyl sites for hydroxylation is 1. The Morgan fingerprint density at radius 3 is 2.89 bits per heavy atom. The molecule has 1 atom stereocenters. The van der Waals surface area contributed by atoms with Gasteiger partial charge in [-0.25, -0.2) is 4.98 Å². The zero-order valence-corrected chi connectivity index (χ0v) is 15.9. The summed E-state index contributed by atoms with van der Waals surface area (Å²) in [7, 11) is 2.02. The number of nitrogens with one attached hydrogen (secondary N) is 1. The van der Waals surface area contributed by atoms with Gasteiger partial charge in [-0.05, 0) is 43.9 Å². The van der Waals surface area contributed by atoms with E-state index in [9.17, 15) is 4.79 Å². The summed E-state index contributed by atoms with van der Waals surface area (Å²) in [5.74, 6) is 0.881. The summed E-state index contributed by atoms with van der Waals surface area (Å²) >= 11 is 0. The molecule has 1 amide bonds. The van der Waals surface area contributed by atoms with Gasteiger partial charge in [0.05, 0.1) is 30.4 Å². The molecule has 146 valence electrons. The second kappa shape index (κ2) is 8.27. The first-order valence-electron chi connectivity index (χ1n) is 9.91. The van der Waals surface area contributed by atoms with Crippen molar-refractivity contribution in [2.75, 3.05) is 44.4 Å². The Morgan fingerprint density at radius 1 is 1.26 bits per heavy atom. The van der Waals surface area contributed by atoms with Crippen LogP contribution in [0.5, 0.6) is 0 Å². The van der Waals surface area contributed by atoms with Gasteiger partial charge in [-0.1, -0.05) is 0 Å². The van der Waals surface area contributed by atoms with Crippen molar-refractivity contribution in [1.82, 2.24) is 14.9 Å². The third-order valence-electron chi connectivity index (χ3n) is 5.44. The fraction of sp³-hybridized carbons (Fsp3) is 0.600. The molecule has 27 heavy (non-hydrogen) atoms. The maximum Gasteiger partial charge on any atom is 0.251 e. The number of carbonyl (C=O) groups excluding carboxylic acids is 1. The summed E-state index contributed by atoms with van der Waals surface area (Å²) in [5, 5.41) is 3.02. The summed E-state index contributed by atoms with van der Waals surface area (Å²) < 4.78 is 13.2. The van der Waals surface area contributed by atoms with Crippen LogP contribution in [0.4, 0.5) is 5.95 Å². The molecule has 0 unspecified atom stereocenters. The predicted molar refractivity (Wildman–Crippen MR) is 104 cm³/mol. The fourth-order valence-corrected chi connectivity index (χ4v) is 3.86. The number of fused-ring (bicyclic) bond motifs is 1. The summed E-state index contributed by atoms with van der Waals surface area (Å²) in [6, 6.07) is 5.73. The third-order valence-corrected chi connectivity index (χ3v) is 5.44. The molecule has 0 spiro atoms. The van der Waals surface area contributed by atoms with Gasteiger partial charge >= 0.3 is 0 Å². The minimum absolute atomic E-state index is 0.0497. The van der Waals surface area contributed by atoms with Crippen LogP contribution < -0.4 is 10.2 Å². The Hall–Kier alpha value is -2.12. The molecule has 1 aromatic heterocycles. The van der Waals surface area contributed by atoms with E-state index in [1.165, 1.54) is 6.42 Å². The molecule has 2 aliphatic heterocycles. The number of benzene rings is 1. The van der Waals surface area contributed by atoms with Gasteiger partial charge in [-0.2, -0.15) is 0 Å². The van der Waals surface area contributed by atoms with E-state index in [-0.39, 0.29) is 12.0 Å². The fourth-order valence-electron chi connectivity index (χ4n) is 3.86. The van der Waals surface area contributed by atoms with Gasteiger partial charge in [-0.3, -0.25) is 4.79 Å². The number of ether oxygens (including phenoxy) is 2. The quantitative estimate of drug-likeness (QED) is 0.871. The lowest BCUT2D eigenvalue weighted by Gasteiger charge is -2.27. The van der Waals surface area contributed by atoms with Crippen molar-refractivity contribution in [3.63, 3.8) is 0 Å². The van der Waals surface area contributed by atoms with E-state index in [2.05, 4.69) is 14.8 Å². The van der Waals surface area contributed by atoms with Crippen LogP contribution in [0.25, 0.3) is 11.0 Å². The van der Waals surface area contributed by atoms with Crippen LogP contribution in [-0.2, 0) is 16.5 Å². The van der Waals surface area contributed by atoms with Crippen LogP contribution in [0.3, 0.4) is 0 Å². The number of morpholine rings is 1. The van der Waals surface area contributed by atoms with E-state index < -0.39 is 0 Å². The first-order chi connectivity index (χ1) is 13.2. The number of carbonyl (C=O) groups is 1. The number of hydrogen-bond acceptors (Lipinski definition) is 5. The first-order valence-corrected chi connectivity index (χ1v) is 9.91. The maximum absolute atomic E-state index is 12.5. The van der Waals surface area contributed by atoms with Crippen molar-refractivity contribution in [3.8, 4) is 0 Å². The van der Waals surface area contributed by atoms with Crippen LogP contribution in [0.1, 0.15) is 36.0 Å². The molecule has 0 saturated carbocycles. The zero-order valence-electron chi connectivity index (χ0n) is 15.9. The molecule has 2 fully saturated rings. The maximum atomic E-state index is 12.5. The lowest BCUT2D eigenvalue weighted by molar-refractivity contribution is 0.0117. The smallest absolute Gasteiger partial charge is 0.251 e. The summed E-state index contributed by atoms with van der Waals surface area (Å²) in [6.45, 7) is 4.62. The molecule has 0 aliphatic carbocycles. The molecule has 2 aromatic rings. The zero-order chi connectivity index (χ0) is 18.6. The number of anilines is 1. The molecule has 7 heteroatoms. The molecular formula is C20H28N4O3. The van der Waals surface area contributed by atoms with Crippen molar-refractivity contribution in [3.05, 3.63) is 23.8 Å². The van der Waals surface area contributed by atoms with Crippen LogP contribution >= 0.6 is 0 Å². The number of imidazole rings is 1. The molecule has 2 saturated heterocycles. The SMILES string of the molecule is Cn1c(N2CCOCC2)nc2cc(C(=O)NCC[C@H]3CCCCO3)ccc21.